The highest BCUT2D eigenvalue weighted by molar-refractivity contribution is 5.60. The van der Waals surface area contributed by atoms with Crippen molar-refractivity contribution < 1.29 is 0 Å². The molecule has 0 atom stereocenters. The Morgan fingerprint density at radius 2 is 2.00 bits per heavy atom. The summed E-state index contributed by atoms with van der Waals surface area (Å²) in [6.07, 6.45) is 3.51. The van der Waals surface area contributed by atoms with Crippen molar-refractivity contribution in [2.24, 2.45) is 7.05 Å². The van der Waals surface area contributed by atoms with E-state index in [1.165, 1.54) is 11.3 Å². The smallest absolute Gasteiger partial charge is 0.0894 e. The molecule has 0 aliphatic carbocycles. The standard InChI is InChI=1S/C15H18N6/c1-11-13(12(2)20(3)18-11)10-16-14-6-4-5-7-15(14)21-9-8-17-19-21/h4-9,16H,10H2,1-3H3. The van der Waals surface area contributed by atoms with Crippen molar-refractivity contribution >= 4 is 5.69 Å². The largest absolute Gasteiger partial charge is 0.379 e. The van der Waals surface area contributed by atoms with Gasteiger partial charge in [-0.1, -0.05) is 17.3 Å². The number of para-hydroxylation sites is 2. The van der Waals surface area contributed by atoms with Crippen LogP contribution in [-0.2, 0) is 13.6 Å². The van der Waals surface area contributed by atoms with Gasteiger partial charge in [-0.15, -0.1) is 5.10 Å². The Bertz CT molecular complexity index is 742. The SMILES string of the molecule is Cc1nn(C)c(C)c1CNc1ccccc1-n1ccnn1. The van der Waals surface area contributed by atoms with Crippen LogP contribution in [0.25, 0.3) is 5.69 Å². The van der Waals surface area contributed by atoms with Crippen molar-refractivity contribution in [3.8, 4) is 5.69 Å². The molecule has 0 amide bonds. The molecule has 1 N–H and O–H groups in total. The van der Waals surface area contributed by atoms with Crippen LogP contribution in [0.3, 0.4) is 0 Å². The summed E-state index contributed by atoms with van der Waals surface area (Å²) >= 11 is 0. The third kappa shape index (κ3) is 2.52. The molecule has 0 aliphatic heterocycles. The Labute approximate surface area is 123 Å². The fourth-order valence-corrected chi connectivity index (χ4v) is 2.42. The van der Waals surface area contributed by atoms with Crippen molar-refractivity contribution in [3.05, 3.63) is 53.6 Å². The van der Waals surface area contributed by atoms with Crippen LogP contribution >= 0.6 is 0 Å². The van der Waals surface area contributed by atoms with Gasteiger partial charge in [0.25, 0.3) is 0 Å². The van der Waals surface area contributed by atoms with E-state index < -0.39 is 0 Å². The van der Waals surface area contributed by atoms with E-state index in [1.54, 1.807) is 10.9 Å². The van der Waals surface area contributed by atoms with Crippen LogP contribution in [0.1, 0.15) is 17.0 Å². The number of hydrogen-bond acceptors (Lipinski definition) is 4. The van der Waals surface area contributed by atoms with Gasteiger partial charge in [0.2, 0.25) is 0 Å². The quantitative estimate of drug-likeness (QED) is 0.797. The molecule has 21 heavy (non-hydrogen) atoms. The second-order valence-electron chi connectivity index (χ2n) is 4.99. The van der Waals surface area contributed by atoms with Gasteiger partial charge in [0.15, 0.2) is 0 Å². The van der Waals surface area contributed by atoms with Crippen LogP contribution < -0.4 is 5.32 Å². The zero-order valence-electron chi connectivity index (χ0n) is 12.4. The first kappa shape index (κ1) is 13.4. The fourth-order valence-electron chi connectivity index (χ4n) is 2.42. The van der Waals surface area contributed by atoms with Gasteiger partial charge in [0.05, 0.1) is 29.5 Å². The topological polar surface area (TPSA) is 60.6 Å². The van der Waals surface area contributed by atoms with Crippen LogP contribution in [0, 0.1) is 13.8 Å². The maximum Gasteiger partial charge on any atom is 0.0894 e. The summed E-state index contributed by atoms with van der Waals surface area (Å²) in [6, 6.07) is 8.05. The summed E-state index contributed by atoms with van der Waals surface area (Å²) in [5, 5.41) is 15.8. The molecule has 0 unspecified atom stereocenters. The van der Waals surface area contributed by atoms with Crippen LogP contribution in [0.4, 0.5) is 5.69 Å². The van der Waals surface area contributed by atoms with Crippen LogP contribution in [0.5, 0.6) is 0 Å². The summed E-state index contributed by atoms with van der Waals surface area (Å²) in [6.45, 7) is 4.85. The molecule has 0 bridgehead atoms. The van der Waals surface area contributed by atoms with E-state index in [-0.39, 0.29) is 0 Å². The molecular formula is C15H18N6. The predicted molar refractivity (Wildman–Crippen MR) is 81.4 cm³/mol. The lowest BCUT2D eigenvalue weighted by Gasteiger charge is -2.11. The Morgan fingerprint density at radius 1 is 1.19 bits per heavy atom. The highest BCUT2D eigenvalue weighted by atomic mass is 15.4. The zero-order valence-corrected chi connectivity index (χ0v) is 12.4. The normalized spacial score (nSPS) is 10.8. The number of aryl methyl sites for hydroxylation is 2. The minimum Gasteiger partial charge on any atom is -0.379 e. The minimum absolute atomic E-state index is 0.733. The number of rotatable bonds is 4. The van der Waals surface area contributed by atoms with E-state index in [4.69, 9.17) is 0 Å². The lowest BCUT2D eigenvalue weighted by molar-refractivity contribution is 0.730. The second kappa shape index (κ2) is 5.40. The first-order valence-electron chi connectivity index (χ1n) is 6.85. The predicted octanol–water partition coefficient (Wildman–Crippen LogP) is 2.23. The number of aromatic nitrogens is 5. The number of hydrogen-bond donors (Lipinski definition) is 1. The average Bonchev–Trinajstić information content (AvgIpc) is 3.08. The van der Waals surface area contributed by atoms with E-state index in [2.05, 4.69) is 27.7 Å². The second-order valence-corrected chi connectivity index (χ2v) is 4.99. The number of anilines is 1. The zero-order chi connectivity index (χ0) is 14.8. The summed E-state index contributed by atoms with van der Waals surface area (Å²) in [7, 11) is 1.97. The third-order valence-corrected chi connectivity index (χ3v) is 3.69. The van der Waals surface area contributed by atoms with Gasteiger partial charge in [-0.3, -0.25) is 4.68 Å². The molecule has 108 valence electrons. The van der Waals surface area contributed by atoms with Gasteiger partial charge in [-0.2, -0.15) is 5.10 Å². The molecule has 6 nitrogen and oxygen atoms in total. The molecule has 0 saturated carbocycles. The number of nitrogens with zero attached hydrogens (tertiary/aromatic N) is 5. The van der Waals surface area contributed by atoms with Gasteiger partial charge in [0.1, 0.15) is 0 Å². The average molecular weight is 282 g/mol. The summed E-state index contributed by atoms with van der Waals surface area (Å²) in [5.74, 6) is 0. The number of nitrogens with one attached hydrogen (secondary N) is 1. The molecule has 0 radical (unpaired) electrons. The monoisotopic (exact) mass is 282 g/mol. The van der Waals surface area contributed by atoms with Gasteiger partial charge < -0.3 is 5.32 Å². The maximum absolute atomic E-state index is 4.44. The molecule has 6 heteroatoms. The summed E-state index contributed by atoms with van der Waals surface area (Å²) in [4.78, 5) is 0. The van der Waals surface area contributed by atoms with Gasteiger partial charge in [-0.25, -0.2) is 4.68 Å². The Hall–Kier alpha value is -2.63. The third-order valence-electron chi connectivity index (χ3n) is 3.69. The molecule has 1 aromatic carbocycles. The van der Waals surface area contributed by atoms with Crippen LogP contribution in [-0.4, -0.2) is 24.8 Å². The lowest BCUT2D eigenvalue weighted by Crippen LogP contribution is -2.06. The first-order valence-corrected chi connectivity index (χ1v) is 6.85. The molecular weight excluding hydrogens is 264 g/mol. The molecule has 2 heterocycles. The van der Waals surface area contributed by atoms with Gasteiger partial charge >= 0.3 is 0 Å². The van der Waals surface area contributed by atoms with Crippen LogP contribution in [0.2, 0.25) is 0 Å². The van der Waals surface area contributed by atoms with E-state index in [0.717, 1.165) is 23.6 Å². The van der Waals surface area contributed by atoms with Crippen molar-refractivity contribution in [2.75, 3.05) is 5.32 Å². The fraction of sp³-hybridized carbons (Fsp3) is 0.267. The van der Waals surface area contributed by atoms with Crippen molar-refractivity contribution in [1.82, 2.24) is 24.8 Å². The highest BCUT2D eigenvalue weighted by Gasteiger charge is 2.10. The Balaban J connectivity index is 1.86. The number of benzene rings is 1. The van der Waals surface area contributed by atoms with Crippen LogP contribution in [0.15, 0.2) is 36.7 Å². The molecule has 0 spiro atoms. The van der Waals surface area contributed by atoms with Crippen molar-refractivity contribution in [3.63, 3.8) is 0 Å². The summed E-state index contributed by atoms with van der Waals surface area (Å²) in [5.41, 5.74) is 5.46. The Morgan fingerprint density at radius 3 is 2.67 bits per heavy atom. The molecule has 3 aromatic rings. The van der Waals surface area contributed by atoms with E-state index >= 15 is 0 Å². The molecule has 0 aliphatic rings. The van der Waals surface area contributed by atoms with Gasteiger partial charge in [0, 0.05) is 24.8 Å². The lowest BCUT2D eigenvalue weighted by atomic mass is 10.2. The Kier molecular flexibility index (Phi) is 3.43. The van der Waals surface area contributed by atoms with E-state index in [9.17, 15) is 0 Å². The van der Waals surface area contributed by atoms with Crippen molar-refractivity contribution in [1.29, 1.82) is 0 Å². The minimum atomic E-state index is 0.733. The first-order chi connectivity index (χ1) is 10.2. The molecule has 3 rings (SSSR count). The molecule has 0 fully saturated rings. The van der Waals surface area contributed by atoms with E-state index in [0.29, 0.717) is 0 Å². The maximum atomic E-state index is 4.44. The van der Waals surface area contributed by atoms with Crippen molar-refractivity contribution in [2.45, 2.75) is 20.4 Å². The molecule has 0 saturated heterocycles. The van der Waals surface area contributed by atoms with Gasteiger partial charge in [-0.05, 0) is 26.0 Å². The van der Waals surface area contributed by atoms with E-state index in [1.807, 2.05) is 49.1 Å². The molecule has 2 aromatic heterocycles. The highest BCUT2D eigenvalue weighted by Crippen LogP contribution is 2.21. The summed E-state index contributed by atoms with van der Waals surface area (Å²) < 4.78 is 3.67.